The monoisotopic (exact) mass is 452 g/mol. The number of benzene rings is 1. The molecule has 3 heterocycles. The highest BCUT2D eigenvalue weighted by molar-refractivity contribution is 7.49. The van der Waals surface area contributed by atoms with Gasteiger partial charge in [-0.05, 0) is 18.4 Å². The van der Waals surface area contributed by atoms with Crippen LogP contribution in [0.15, 0.2) is 34.0 Å². The smallest absolute Gasteiger partial charge is 0.403 e. The van der Waals surface area contributed by atoms with E-state index in [4.69, 9.17) is 18.3 Å². The maximum atomic E-state index is 12.9. The highest BCUT2D eigenvalue weighted by atomic mass is 31.2. The minimum Gasteiger partial charge on any atom is -0.403 e. The van der Waals surface area contributed by atoms with E-state index in [2.05, 4.69) is 4.98 Å². The van der Waals surface area contributed by atoms with Crippen LogP contribution in [-0.4, -0.2) is 33.5 Å². The van der Waals surface area contributed by atoms with E-state index in [1.165, 1.54) is 10.8 Å². The summed E-state index contributed by atoms with van der Waals surface area (Å²) in [4.78, 5) is 26.5. The Morgan fingerprint density at radius 1 is 1.35 bits per heavy atom. The fraction of sp³-hybridized carbons (Fsp3) is 0.500. The zero-order chi connectivity index (χ0) is 22.3. The standard InChI is InChI=1S/C20H25N2O8P/c1-11(2)14-8-22(20(25)21-19(14)24)17-7-15(23)16(29-17)10-28-31(26)27-9-13-6-4-5-12(3)18(13)30-31/h4-6,8,11,15-17,23H,7,9-10H2,1-3H3,(H,21,24,25). The summed E-state index contributed by atoms with van der Waals surface area (Å²) < 4.78 is 36.1. The van der Waals surface area contributed by atoms with Crippen molar-refractivity contribution in [3.05, 3.63) is 61.9 Å². The van der Waals surface area contributed by atoms with Gasteiger partial charge in [-0.25, -0.2) is 9.36 Å². The molecule has 4 unspecified atom stereocenters. The van der Waals surface area contributed by atoms with Gasteiger partial charge in [-0.2, -0.15) is 0 Å². The van der Waals surface area contributed by atoms with Gasteiger partial charge in [0.25, 0.3) is 5.56 Å². The van der Waals surface area contributed by atoms with Crippen LogP contribution >= 0.6 is 7.82 Å². The van der Waals surface area contributed by atoms with E-state index in [1.54, 1.807) is 0 Å². The number of nitrogens with one attached hydrogen (secondary N) is 1. The number of rotatable bonds is 5. The molecule has 4 rings (SSSR count). The summed E-state index contributed by atoms with van der Waals surface area (Å²) in [6, 6.07) is 5.49. The number of ether oxygens (including phenoxy) is 1. The van der Waals surface area contributed by atoms with Crippen molar-refractivity contribution in [1.82, 2.24) is 9.55 Å². The number of hydrogen-bond donors (Lipinski definition) is 2. The lowest BCUT2D eigenvalue weighted by Gasteiger charge is -2.27. The molecule has 11 heteroatoms. The van der Waals surface area contributed by atoms with Crippen LogP contribution in [0.5, 0.6) is 5.75 Å². The number of fused-ring (bicyclic) bond motifs is 1. The highest BCUT2D eigenvalue weighted by Gasteiger charge is 2.40. The Morgan fingerprint density at radius 2 is 2.13 bits per heavy atom. The van der Waals surface area contributed by atoms with Crippen LogP contribution in [0.3, 0.4) is 0 Å². The van der Waals surface area contributed by atoms with Crippen molar-refractivity contribution in [3.63, 3.8) is 0 Å². The Hall–Kier alpha value is -2.23. The number of phosphoric acid groups is 1. The van der Waals surface area contributed by atoms with E-state index in [-0.39, 0.29) is 25.6 Å². The molecule has 0 spiro atoms. The van der Waals surface area contributed by atoms with Crippen LogP contribution in [0.4, 0.5) is 0 Å². The predicted molar refractivity (Wildman–Crippen MR) is 110 cm³/mol. The summed E-state index contributed by atoms with van der Waals surface area (Å²) >= 11 is 0. The highest BCUT2D eigenvalue weighted by Crippen LogP contribution is 2.55. The van der Waals surface area contributed by atoms with Gasteiger partial charge in [-0.15, -0.1) is 0 Å². The summed E-state index contributed by atoms with van der Waals surface area (Å²) in [5.41, 5.74) is 0.924. The quantitative estimate of drug-likeness (QED) is 0.662. The molecule has 0 amide bonds. The summed E-state index contributed by atoms with van der Waals surface area (Å²) in [5.74, 6) is 0.363. The molecule has 1 aromatic heterocycles. The summed E-state index contributed by atoms with van der Waals surface area (Å²) in [5, 5.41) is 10.4. The number of aliphatic hydroxyl groups is 1. The maximum absolute atomic E-state index is 12.9. The van der Waals surface area contributed by atoms with E-state index in [1.807, 2.05) is 39.0 Å². The molecule has 2 aromatic rings. The molecule has 31 heavy (non-hydrogen) atoms. The van der Waals surface area contributed by atoms with Crippen LogP contribution in [-0.2, 0) is 25.0 Å². The third-order valence-electron chi connectivity index (χ3n) is 5.40. The van der Waals surface area contributed by atoms with Crippen LogP contribution in [0, 0.1) is 6.92 Å². The predicted octanol–water partition coefficient (Wildman–Crippen LogP) is 2.35. The second-order valence-corrected chi connectivity index (χ2v) is 9.60. The van der Waals surface area contributed by atoms with Gasteiger partial charge < -0.3 is 14.4 Å². The van der Waals surface area contributed by atoms with E-state index < -0.39 is 37.5 Å². The molecule has 1 fully saturated rings. The van der Waals surface area contributed by atoms with E-state index in [0.29, 0.717) is 11.3 Å². The van der Waals surface area contributed by atoms with Gasteiger partial charge in [0.05, 0.1) is 19.3 Å². The molecule has 0 radical (unpaired) electrons. The lowest BCUT2D eigenvalue weighted by molar-refractivity contribution is -0.0469. The van der Waals surface area contributed by atoms with Gasteiger partial charge in [0.15, 0.2) is 0 Å². The van der Waals surface area contributed by atoms with Crippen molar-refractivity contribution in [2.75, 3.05) is 6.61 Å². The molecule has 10 nitrogen and oxygen atoms in total. The van der Waals surface area contributed by atoms with Crippen LogP contribution in [0.2, 0.25) is 0 Å². The van der Waals surface area contributed by atoms with Crippen molar-refractivity contribution in [2.24, 2.45) is 0 Å². The summed E-state index contributed by atoms with van der Waals surface area (Å²) in [6.45, 7) is 5.32. The molecule has 4 atom stereocenters. The Labute approximate surface area is 178 Å². The second-order valence-electron chi connectivity index (χ2n) is 8.01. The lowest BCUT2D eigenvalue weighted by atomic mass is 10.1. The molecular weight excluding hydrogens is 427 g/mol. The van der Waals surface area contributed by atoms with Crippen molar-refractivity contribution >= 4 is 7.82 Å². The fourth-order valence-electron chi connectivity index (χ4n) is 3.63. The summed E-state index contributed by atoms with van der Waals surface area (Å²) in [6.07, 6.45) is -1.09. The first-order chi connectivity index (χ1) is 14.7. The van der Waals surface area contributed by atoms with Crippen molar-refractivity contribution in [2.45, 2.75) is 58.2 Å². The van der Waals surface area contributed by atoms with Gasteiger partial charge >= 0.3 is 13.5 Å². The van der Waals surface area contributed by atoms with Gasteiger partial charge in [0, 0.05) is 23.7 Å². The van der Waals surface area contributed by atoms with Crippen molar-refractivity contribution in [1.29, 1.82) is 0 Å². The Balaban J connectivity index is 1.46. The molecule has 0 saturated carbocycles. The molecule has 2 aliphatic heterocycles. The topological polar surface area (TPSA) is 129 Å². The maximum Gasteiger partial charge on any atom is 0.530 e. The average molecular weight is 452 g/mol. The first-order valence-corrected chi connectivity index (χ1v) is 11.5. The number of aromatic nitrogens is 2. The number of aryl methyl sites for hydroxylation is 1. The minimum atomic E-state index is -3.89. The third-order valence-corrected chi connectivity index (χ3v) is 6.72. The molecule has 168 valence electrons. The lowest BCUT2D eigenvalue weighted by Crippen LogP contribution is -2.34. The van der Waals surface area contributed by atoms with Gasteiger partial charge in [-0.3, -0.25) is 23.4 Å². The Morgan fingerprint density at radius 3 is 2.87 bits per heavy atom. The Bertz CT molecular complexity index is 1140. The van der Waals surface area contributed by atoms with E-state index in [9.17, 15) is 19.3 Å². The molecule has 2 N–H and O–H groups in total. The molecule has 0 bridgehead atoms. The average Bonchev–Trinajstić information content (AvgIpc) is 3.07. The number of aromatic amines is 1. The zero-order valence-corrected chi connectivity index (χ0v) is 18.3. The minimum absolute atomic E-state index is 0.0791. The molecule has 2 aliphatic rings. The number of para-hydroxylation sites is 1. The number of H-pyrrole nitrogens is 1. The first-order valence-electron chi connectivity index (χ1n) is 10.0. The number of hydrogen-bond acceptors (Lipinski definition) is 8. The van der Waals surface area contributed by atoms with Gasteiger partial charge in [-0.1, -0.05) is 32.0 Å². The third kappa shape index (κ3) is 4.40. The number of aliphatic hydroxyl groups excluding tert-OH is 1. The van der Waals surface area contributed by atoms with Crippen LogP contribution in [0.1, 0.15) is 49.1 Å². The number of phosphoric ester groups is 1. The number of nitrogens with zero attached hydrogens (tertiary/aromatic N) is 1. The molecule has 0 aliphatic carbocycles. The first kappa shape index (κ1) is 22.0. The zero-order valence-electron chi connectivity index (χ0n) is 17.4. The van der Waals surface area contributed by atoms with Gasteiger partial charge in [0.2, 0.25) is 0 Å². The molecular formula is C20H25N2O8P. The second kappa shape index (κ2) is 8.37. The normalized spacial score (nSPS) is 27.8. The molecule has 1 aromatic carbocycles. The SMILES string of the molecule is Cc1cccc2c1OP(=O)(OCC1OC(n3cc(C(C)C)c(=O)[nH]c3=O)CC1O)OC2. The van der Waals surface area contributed by atoms with Crippen molar-refractivity contribution in [3.8, 4) is 5.75 Å². The van der Waals surface area contributed by atoms with Crippen LogP contribution < -0.4 is 15.8 Å². The van der Waals surface area contributed by atoms with E-state index >= 15 is 0 Å². The largest absolute Gasteiger partial charge is 0.530 e. The fourth-order valence-corrected chi connectivity index (χ4v) is 4.93. The van der Waals surface area contributed by atoms with Crippen LogP contribution in [0.25, 0.3) is 0 Å². The van der Waals surface area contributed by atoms with E-state index in [0.717, 1.165) is 11.1 Å². The molecule has 1 saturated heterocycles. The Kier molecular flexibility index (Phi) is 5.93. The summed E-state index contributed by atoms with van der Waals surface area (Å²) in [7, 11) is -3.89. The van der Waals surface area contributed by atoms with Crippen molar-refractivity contribution < 1.29 is 28.0 Å². The van der Waals surface area contributed by atoms with Gasteiger partial charge in [0.1, 0.15) is 18.1 Å².